The number of hydrogen-bond acceptors (Lipinski definition) is 3. The fourth-order valence-electron chi connectivity index (χ4n) is 1.21. The zero-order chi connectivity index (χ0) is 11.9. The molecule has 2 aromatic rings. The molecule has 1 aromatic heterocycles. The van der Waals surface area contributed by atoms with Gasteiger partial charge in [0.05, 0.1) is 10.0 Å². The Morgan fingerprint density at radius 2 is 2.00 bits per heavy atom. The Morgan fingerprint density at radius 3 is 2.56 bits per heavy atom. The van der Waals surface area contributed by atoms with E-state index in [1.54, 1.807) is 6.07 Å². The van der Waals surface area contributed by atoms with Crippen LogP contribution in [0, 0.1) is 4.77 Å². The summed E-state index contributed by atoms with van der Waals surface area (Å²) in [5.41, 5.74) is 0.522. The molecule has 84 valence electrons. The summed E-state index contributed by atoms with van der Waals surface area (Å²) >= 11 is 22.7. The molecular weight excluding hydrogens is 291 g/mol. The number of benzene rings is 1. The lowest BCUT2D eigenvalue weighted by atomic mass is 10.2. The lowest BCUT2D eigenvalue weighted by molar-refractivity contribution is 0.984. The molecule has 1 aromatic carbocycles. The third-order valence-corrected chi connectivity index (χ3v) is 3.25. The van der Waals surface area contributed by atoms with E-state index >= 15 is 0 Å². The highest BCUT2D eigenvalue weighted by molar-refractivity contribution is 7.71. The molecule has 0 saturated carbocycles. The molecule has 0 fully saturated rings. The minimum Gasteiger partial charge on any atom is -0.335 e. The molecule has 0 amide bonds. The van der Waals surface area contributed by atoms with E-state index in [1.807, 2.05) is 0 Å². The number of aromatic nitrogens is 3. The van der Waals surface area contributed by atoms with Crippen molar-refractivity contribution >= 4 is 47.0 Å². The van der Waals surface area contributed by atoms with Crippen molar-refractivity contribution in [2.45, 2.75) is 0 Å². The second-order valence-electron chi connectivity index (χ2n) is 2.97. The van der Waals surface area contributed by atoms with Gasteiger partial charge in [-0.05, 0) is 24.4 Å². The van der Waals surface area contributed by atoms with Gasteiger partial charge < -0.3 is 5.84 Å². The van der Waals surface area contributed by atoms with Crippen LogP contribution < -0.4 is 5.84 Å². The van der Waals surface area contributed by atoms with Gasteiger partial charge in [0, 0.05) is 10.6 Å². The number of nitrogens with two attached hydrogens (primary N) is 1. The maximum Gasteiger partial charge on any atom is 0.214 e. The summed E-state index contributed by atoms with van der Waals surface area (Å²) in [6.45, 7) is 0. The highest BCUT2D eigenvalue weighted by Gasteiger charge is 2.14. The third kappa shape index (κ3) is 1.91. The predicted octanol–water partition coefficient (Wildman–Crippen LogP) is 3.28. The maximum atomic E-state index is 6.03. The molecule has 3 N–H and O–H groups in total. The van der Waals surface area contributed by atoms with Crippen LogP contribution in [0.25, 0.3) is 11.4 Å². The molecule has 0 radical (unpaired) electrons. The van der Waals surface area contributed by atoms with Crippen molar-refractivity contribution in [3.8, 4) is 11.4 Å². The standard InChI is InChI=1S/C8H5Cl3N4S/c9-3-1-4(6(11)5(10)2-3)7-13-14-8(16)15(7)12/h1-2H,12H2,(H,14,16). The van der Waals surface area contributed by atoms with Gasteiger partial charge in [0.25, 0.3) is 0 Å². The zero-order valence-corrected chi connectivity index (χ0v) is 10.8. The van der Waals surface area contributed by atoms with Crippen LogP contribution in [0.15, 0.2) is 12.1 Å². The third-order valence-electron chi connectivity index (χ3n) is 1.94. The Balaban J connectivity index is 2.74. The summed E-state index contributed by atoms with van der Waals surface area (Å²) in [5.74, 6) is 6.05. The first kappa shape index (κ1) is 11.7. The minimum absolute atomic E-state index is 0.280. The van der Waals surface area contributed by atoms with Gasteiger partial charge in [-0.2, -0.15) is 5.10 Å². The Kier molecular flexibility index (Phi) is 3.12. The van der Waals surface area contributed by atoms with Crippen molar-refractivity contribution in [1.82, 2.24) is 14.9 Å². The van der Waals surface area contributed by atoms with Gasteiger partial charge >= 0.3 is 0 Å². The van der Waals surface area contributed by atoms with Crippen LogP contribution in [-0.4, -0.2) is 14.9 Å². The van der Waals surface area contributed by atoms with E-state index in [4.69, 9.17) is 52.9 Å². The summed E-state index contributed by atoms with van der Waals surface area (Å²) < 4.78 is 1.48. The number of rotatable bonds is 1. The van der Waals surface area contributed by atoms with Gasteiger partial charge in [-0.1, -0.05) is 34.8 Å². The van der Waals surface area contributed by atoms with E-state index in [0.717, 1.165) is 0 Å². The van der Waals surface area contributed by atoms with E-state index in [0.29, 0.717) is 26.5 Å². The molecule has 1 heterocycles. The van der Waals surface area contributed by atoms with Crippen molar-refractivity contribution in [3.05, 3.63) is 32.0 Å². The van der Waals surface area contributed by atoms with Crippen LogP contribution in [0.5, 0.6) is 0 Å². The van der Waals surface area contributed by atoms with Gasteiger partial charge in [0.15, 0.2) is 5.82 Å². The summed E-state index contributed by atoms with van der Waals surface area (Å²) in [7, 11) is 0. The van der Waals surface area contributed by atoms with E-state index < -0.39 is 0 Å². The molecule has 16 heavy (non-hydrogen) atoms. The fourth-order valence-corrected chi connectivity index (χ4v) is 2.03. The molecule has 0 aliphatic rings. The number of H-pyrrole nitrogens is 1. The van der Waals surface area contributed by atoms with Crippen LogP contribution >= 0.6 is 47.0 Å². The first-order valence-corrected chi connectivity index (χ1v) is 5.62. The Hall–Kier alpha value is -0.750. The van der Waals surface area contributed by atoms with Crippen LogP contribution in [0.1, 0.15) is 0 Å². The van der Waals surface area contributed by atoms with Gasteiger partial charge in [-0.15, -0.1) is 0 Å². The molecular formula is C8H5Cl3N4S. The second kappa shape index (κ2) is 4.25. The monoisotopic (exact) mass is 294 g/mol. The number of aromatic amines is 1. The number of nitrogen functional groups attached to an aromatic ring is 1. The number of hydrogen-bond donors (Lipinski definition) is 2. The number of halogens is 3. The lowest BCUT2D eigenvalue weighted by Crippen LogP contribution is -2.10. The van der Waals surface area contributed by atoms with Gasteiger partial charge in [0.1, 0.15) is 0 Å². The summed E-state index contributed by atoms with van der Waals surface area (Å²) in [6.07, 6.45) is 0. The SMILES string of the molecule is Nn1c(-c2cc(Cl)cc(Cl)c2Cl)n[nH]c1=S. The van der Waals surface area contributed by atoms with Crippen LogP contribution in [0.3, 0.4) is 0 Å². The van der Waals surface area contributed by atoms with Crippen LogP contribution in [0.4, 0.5) is 0 Å². The normalized spacial score (nSPS) is 10.7. The Bertz CT molecular complexity index is 604. The quantitative estimate of drug-likeness (QED) is 0.482. The predicted molar refractivity (Wildman–Crippen MR) is 68.0 cm³/mol. The number of nitrogens with zero attached hydrogens (tertiary/aromatic N) is 2. The Morgan fingerprint density at radius 1 is 1.31 bits per heavy atom. The van der Waals surface area contributed by atoms with Crippen molar-refractivity contribution in [2.75, 3.05) is 5.84 Å². The molecule has 4 nitrogen and oxygen atoms in total. The molecule has 0 bridgehead atoms. The molecule has 2 rings (SSSR count). The van der Waals surface area contributed by atoms with Crippen LogP contribution in [0.2, 0.25) is 15.1 Å². The first-order chi connectivity index (χ1) is 7.50. The average Bonchev–Trinajstić information content (AvgIpc) is 2.54. The van der Waals surface area contributed by atoms with Crippen molar-refractivity contribution in [1.29, 1.82) is 0 Å². The van der Waals surface area contributed by atoms with Gasteiger partial charge in [0.2, 0.25) is 4.77 Å². The molecule has 0 unspecified atom stereocenters. The molecule has 0 aliphatic heterocycles. The van der Waals surface area contributed by atoms with Crippen molar-refractivity contribution in [3.63, 3.8) is 0 Å². The van der Waals surface area contributed by atoms with E-state index in [2.05, 4.69) is 10.2 Å². The smallest absolute Gasteiger partial charge is 0.214 e. The van der Waals surface area contributed by atoms with Gasteiger partial charge in [-0.3, -0.25) is 0 Å². The fraction of sp³-hybridized carbons (Fsp3) is 0. The van der Waals surface area contributed by atoms with Gasteiger partial charge in [-0.25, -0.2) is 9.77 Å². The average molecular weight is 296 g/mol. The number of nitrogens with one attached hydrogen (secondary N) is 1. The van der Waals surface area contributed by atoms with E-state index in [9.17, 15) is 0 Å². The van der Waals surface area contributed by atoms with Crippen molar-refractivity contribution in [2.24, 2.45) is 0 Å². The highest BCUT2D eigenvalue weighted by atomic mass is 35.5. The van der Waals surface area contributed by atoms with E-state index in [1.165, 1.54) is 10.7 Å². The molecule has 0 aliphatic carbocycles. The zero-order valence-electron chi connectivity index (χ0n) is 7.67. The maximum absolute atomic E-state index is 6.03. The highest BCUT2D eigenvalue weighted by Crippen LogP contribution is 2.35. The molecule has 0 atom stereocenters. The molecule has 0 spiro atoms. The second-order valence-corrected chi connectivity index (χ2v) is 4.58. The summed E-state index contributed by atoms with van der Waals surface area (Å²) in [6, 6.07) is 3.15. The van der Waals surface area contributed by atoms with Crippen molar-refractivity contribution < 1.29 is 0 Å². The summed E-state index contributed by atoms with van der Waals surface area (Å²) in [4.78, 5) is 0. The topological polar surface area (TPSA) is 59.6 Å². The molecule has 0 saturated heterocycles. The molecule has 8 heteroatoms. The largest absolute Gasteiger partial charge is 0.335 e. The summed E-state index contributed by atoms with van der Waals surface area (Å²) in [5, 5.41) is 7.60. The lowest BCUT2D eigenvalue weighted by Gasteiger charge is -2.05. The Labute approximate surface area is 111 Å². The van der Waals surface area contributed by atoms with E-state index in [-0.39, 0.29) is 4.77 Å². The first-order valence-electron chi connectivity index (χ1n) is 4.08. The van der Waals surface area contributed by atoms with Crippen LogP contribution in [-0.2, 0) is 0 Å². The minimum atomic E-state index is 0.280.